The lowest BCUT2D eigenvalue weighted by molar-refractivity contribution is 0.150. The smallest absolute Gasteiger partial charge is 0.244 e. The van der Waals surface area contributed by atoms with Crippen molar-refractivity contribution >= 4 is 27.3 Å². The first-order chi connectivity index (χ1) is 9.84. The summed E-state index contributed by atoms with van der Waals surface area (Å²) >= 11 is 5.83. The number of methoxy groups -OCH3 is 2. The minimum atomic E-state index is -3.92. The SMILES string of the molecule is COCCN(CCOC)S(=O)(=O)c1cc(N)c(F)cc1Cl. The summed E-state index contributed by atoms with van der Waals surface area (Å²) in [7, 11) is -0.996. The van der Waals surface area contributed by atoms with Crippen LogP contribution in [0.1, 0.15) is 0 Å². The molecule has 0 aromatic heterocycles. The van der Waals surface area contributed by atoms with Crippen LogP contribution in [0.4, 0.5) is 10.1 Å². The van der Waals surface area contributed by atoms with Crippen molar-refractivity contribution < 1.29 is 22.3 Å². The van der Waals surface area contributed by atoms with Crippen molar-refractivity contribution in [2.45, 2.75) is 4.90 Å². The van der Waals surface area contributed by atoms with E-state index in [1.54, 1.807) is 0 Å². The normalized spacial score (nSPS) is 12.0. The first-order valence-corrected chi connectivity index (χ1v) is 7.89. The van der Waals surface area contributed by atoms with Crippen molar-refractivity contribution in [2.75, 3.05) is 46.3 Å². The first-order valence-electron chi connectivity index (χ1n) is 6.07. The third kappa shape index (κ3) is 4.52. The lowest BCUT2D eigenvalue weighted by atomic mass is 10.3. The Bertz CT molecular complexity index is 575. The number of ether oxygens (including phenoxy) is 2. The highest BCUT2D eigenvalue weighted by Crippen LogP contribution is 2.28. The van der Waals surface area contributed by atoms with E-state index in [1.165, 1.54) is 14.2 Å². The maximum absolute atomic E-state index is 13.3. The van der Waals surface area contributed by atoms with E-state index >= 15 is 0 Å². The molecule has 1 rings (SSSR count). The molecular weight excluding hydrogens is 323 g/mol. The van der Waals surface area contributed by atoms with Gasteiger partial charge >= 0.3 is 0 Å². The van der Waals surface area contributed by atoms with Crippen molar-refractivity contribution in [2.24, 2.45) is 0 Å². The van der Waals surface area contributed by atoms with Crippen LogP contribution in [0.5, 0.6) is 0 Å². The molecule has 9 heteroatoms. The molecule has 0 saturated heterocycles. The molecule has 0 unspecified atom stereocenters. The zero-order valence-corrected chi connectivity index (χ0v) is 13.4. The van der Waals surface area contributed by atoms with Gasteiger partial charge in [0.25, 0.3) is 0 Å². The zero-order valence-electron chi connectivity index (χ0n) is 11.8. The minimum absolute atomic E-state index is 0.121. The summed E-state index contributed by atoms with van der Waals surface area (Å²) in [6, 6.07) is 1.90. The number of nitrogen functional groups attached to an aromatic ring is 1. The lowest BCUT2D eigenvalue weighted by Gasteiger charge is -2.22. The summed E-state index contributed by atoms with van der Waals surface area (Å²) in [5, 5.41) is -0.221. The van der Waals surface area contributed by atoms with Gasteiger partial charge in [0.05, 0.1) is 23.9 Å². The van der Waals surface area contributed by atoms with E-state index in [4.69, 9.17) is 26.8 Å². The van der Waals surface area contributed by atoms with Crippen LogP contribution in [0.25, 0.3) is 0 Å². The average Bonchev–Trinajstić information content (AvgIpc) is 2.42. The second-order valence-electron chi connectivity index (χ2n) is 4.19. The number of anilines is 1. The van der Waals surface area contributed by atoms with Crippen molar-refractivity contribution in [1.82, 2.24) is 4.31 Å². The van der Waals surface area contributed by atoms with Crippen molar-refractivity contribution in [3.8, 4) is 0 Å². The Balaban J connectivity index is 3.18. The molecule has 0 heterocycles. The summed E-state index contributed by atoms with van der Waals surface area (Å²) in [4.78, 5) is -0.240. The molecule has 0 fully saturated rings. The molecule has 0 saturated carbocycles. The largest absolute Gasteiger partial charge is 0.396 e. The van der Waals surface area contributed by atoms with E-state index in [-0.39, 0.29) is 41.9 Å². The third-order valence-electron chi connectivity index (χ3n) is 2.76. The molecule has 0 bridgehead atoms. The van der Waals surface area contributed by atoms with Crippen molar-refractivity contribution in [3.63, 3.8) is 0 Å². The van der Waals surface area contributed by atoms with Gasteiger partial charge in [-0.25, -0.2) is 12.8 Å². The zero-order chi connectivity index (χ0) is 16.0. The minimum Gasteiger partial charge on any atom is -0.396 e. The fourth-order valence-electron chi connectivity index (χ4n) is 1.62. The van der Waals surface area contributed by atoms with Gasteiger partial charge in [-0.05, 0) is 12.1 Å². The molecule has 1 aromatic rings. The Morgan fingerprint density at radius 3 is 2.24 bits per heavy atom. The van der Waals surface area contributed by atoms with E-state index in [2.05, 4.69) is 0 Å². The van der Waals surface area contributed by atoms with E-state index in [0.717, 1.165) is 16.4 Å². The molecule has 120 valence electrons. The quantitative estimate of drug-likeness (QED) is 0.722. The van der Waals surface area contributed by atoms with Crippen LogP contribution in [0.15, 0.2) is 17.0 Å². The van der Waals surface area contributed by atoms with E-state index in [1.807, 2.05) is 0 Å². The highest BCUT2D eigenvalue weighted by Gasteiger charge is 2.27. The van der Waals surface area contributed by atoms with E-state index in [0.29, 0.717) is 0 Å². The molecule has 0 aliphatic carbocycles. The van der Waals surface area contributed by atoms with Crippen LogP contribution in [0, 0.1) is 5.82 Å². The van der Waals surface area contributed by atoms with Crippen LogP contribution >= 0.6 is 11.6 Å². The average molecular weight is 341 g/mol. The van der Waals surface area contributed by atoms with E-state index in [9.17, 15) is 12.8 Å². The standard InChI is InChI=1S/C12H18ClFN2O4S/c1-19-5-3-16(4-6-20-2)21(17,18)12-8-11(15)10(14)7-9(12)13/h7-8H,3-6,15H2,1-2H3. The summed E-state index contributed by atoms with van der Waals surface area (Å²) in [6.07, 6.45) is 0. The lowest BCUT2D eigenvalue weighted by Crippen LogP contribution is -2.36. The second kappa shape index (κ2) is 7.90. The number of hydrogen-bond acceptors (Lipinski definition) is 5. The van der Waals surface area contributed by atoms with Gasteiger partial charge in [-0.3, -0.25) is 0 Å². The Labute approximate surface area is 128 Å². The Hall–Kier alpha value is -0.930. The van der Waals surface area contributed by atoms with Gasteiger partial charge in [-0.1, -0.05) is 11.6 Å². The van der Waals surface area contributed by atoms with Crippen LogP contribution in [0.2, 0.25) is 5.02 Å². The van der Waals surface area contributed by atoms with Crippen LogP contribution in [-0.2, 0) is 19.5 Å². The fraction of sp³-hybridized carbons (Fsp3) is 0.500. The second-order valence-corrected chi connectivity index (χ2v) is 6.51. The van der Waals surface area contributed by atoms with Gasteiger partial charge in [-0.2, -0.15) is 4.31 Å². The molecule has 2 N–H and O–H groups in total. The number of sulfonamides is 1. The third-order valence-corrected chi connectivity index (χ3v) is 5.12. The molecule has 21 heavy (non-hydrogen) atoms. The molecule has 0 aliphatic heterocycles. The Kier molecular flexibility index (Phi) is 6.82. The van der Waals surface area contributed by atoms with Crippen LogP contribution < -0.4 is 5.73 Å². The maximum atomic E-state index is 13.3. The molecule has 0 atom stereocenters. The first kappa shape index (κ1) is 18.1. The summed E-state index contributed by atoms with van der Waals surface area (Å²) in [5.41, 5.74) is 5.14. The van der Waals surface area contributed by atoms with Gasteiger partial charge in [0.15, 0.2) is 0 Å². The number of nitrogens with two attached hydrogens (primary N) is 1. The van der Waals surface area contributed by atoms with Gasteiger partial charge in [0.2, 0.25) is 10.0 Å². The van der Waals surface area contributed by atoms with Gasteiger partial charge in [-0.15, -0.1) is 0 Å². The predicted molar refractivity (Wildman–Crippen MR) is 78.3 cm³/mol. The van der Waals surface area contributed by atoms with Crippen molar-refractivity contribution in [3.05, 3.63) is 23.0 Å². The number of rotatable bonds is 8. The maximum Gasteiger partial charge on any atom is 0.244 e. The molecule has 1 aromatic carbocycles. The summed E-state index contributed by atoms with van der Waals surface area (Å²) < 4.78 is 49.4. The molecule has 0 amide bonds. The van der Waals surface area contributed by atoms with Crippen LogP contribution in [0.3, 0.4) is 0 Å². The summed E-state index contributed by atoms with van der Waals surface area (Å²) in [6.45, 7) is 0.653. The topological polar surface area (TPSA) is 81.9 Å². The monoisotopic (exact) mass is 340 g/mol. The Morgan fingerprint density at radius 2 is 1.76 bits per heavy atom. The highest BCUT2D eigenvalue weighted by molar-refractivity contribution is 7.89. The predicted octanol–water partition coefficient (Wildman–Crippen LogP) is 1.34. The number of benzene rings is 1. The molecule has 0 aliphatic rings. The van der Waals surface area contributed by atoms with Gasteiger partial charge in [0, 0.05) is 27.3 Å². The van der Waals surface area contributed by atoms with Crippen molar-refractivity contribution in [1.29, 1.82) is 0 Å². The number of nitrogens with zero attached hydrogens (tertiary/aromatic N) is 1. The Morgan fingerprint density at radius 1 is 1.24 bits per heavy atom. The number of hydrogen-bond donors (Lipinski definition) is 1. The molecular formula is C12H18ClFN2O4S. The molecule has 0 spiro atoms. The fourth-order valence-corrected chi connectivity index (χ4v) is 3.55. The number of halogens is 2. The molecule has 6 nitrogen and oxygen atoms in total. The summed E-state index contributed by atoms with van der Waals surface area (Å²) in [5.74, 6) is -0.765. The van der Waals surface area contributed by atoms with Crippen LogP contribution in [-0.4, -0.2) is 53.2 Å². The van der Waals surface area contributed by atoms with Gasteiger partial charge in [0.1, 0.15) is 10.7 Å². The molecule has 0 radical (unpaired) electrons. The highest BCUT2D eigenvalue weighted by atomic mass is 35.5. The van der Waals surface area contributed by atoms with E-state index < -0.39 is 15.8 Å². The van der Waals surface area contributed by atoms with Gasteiger partial charge < -0.3 is 15.2 Å².